The highest BCUT2D eigenvalue weighted by atomic mass is 19.2. The van der Waals surface area contributed by atoms with Gasteiger partial charge in [0.1, 0.15) is 5.57 Å². The standard InChI is InChI=1S/C16H19BF2N2O2/c1-4-11-7-9-13(20-11)15(16(22)23-6-3)14-10-8-12(5-2)21(14)17(18)19/h7-10H,4-6H2,1-3H3/b15-13+. The van der Waals surface area contributed by atoms with Crippen molar-refractivity contribution in [3.63, 3.8) is 0 Å². The highest BCUT2D eigenvalue weighted by Crippen LogP contribution is 2.28. The zero-order valence-electron chi connectivity index (χ0n) is 13.5. The lowest BCUT2D eigenvalue weighted by molar-refractivity contribution is -0.136. The van der Waals surface area contributed by atoms with Crippen molar-refractivity contribution in [1.82, 2.24) is 4.48 Å². The Morgan fingerprint density at radius 1 is 1.22 bits per heavy atom. The Balaban J connectivity index is 2.64. The SMILES string of the molecule is CCOC(=O)/C(=C1\C=CC(CC)=N1)c1ccc(CC)n1B(F)F. The van der Waals surface area contributed by atoms with E-state index in [1.54, 1.807) is 32.1 Å². The lowest BCUT2D eigenvalue weighted by Gasteiger charge is -2.13. The van der Waals surface area contributed by atoms with Gasteiger partial charge in [-0.25, -0.2) is 4.79 Å². The van der Waals surface area contributed by atoms with Crippen LogP contribution in [0.25, 0.3) is 5.57 Å². The normalized spacial score (nSPS) is 15.6. The maximum atomic E-state index is 13.5. The van der Waals surface area contributed by atoms with Gasteiger partial charge in [-0.1, -0.05) is 13.8 Å². The molecule has 1 aliphatic heterocycles. The van der Waals surface area contributed by atoms with Crippen molar-refractivity contribution in [2.24, 2.45) is 4.99 Å². The molecule has 1 aliphatic rings. The van der Waals surface area contributed by atoms with Crippen molar-refractivity contribution in [1.29, 1.82) is 0 Å². The summed E-state index contributed by atoms with van der Waals surface area (Å²) in [6.07, 6.45) is 4.59. The molecule has 0 saturated heterocycles. The lowest BCUT2D eigenvalue weighted by atomic mass is 10.1. The Kier molecular flexibility index (Phi) is 5.52. The Morgan fingerprint density at radius 3 is 2.48 bits per heavy atom. The molecule has 0 aromatic carbocycles. The van der Waals surface area contributed by atoms with E-state index in [0.717, 1.165) is 10.2 Å². The monoisotopic (exact) mass is 320 g/mol. The Bertz CT molecular complexity index is 690. The van der Waals surface area contributed by atoms with Gasteiger partial charge in [0.05, 0.1) is 12.3 Å². The fourth-order valence-electron chi connectivity index (χ4n) is 2.50. The number of nitrogens with zero attached hydrogens (tertiary/aromatic N) is 2. The summed E-state index contributed by atoms with van der Waals surface area (Å²) in [4.78, 5) is 16.7. The first kappa shape index (κ1) is 17.2. The third-order valence-electron chi connectivity index (χ3n) is 3.61. The number of hydrogen-bond donors (Lipinski definition) is 0. The van der Waals surface area contributed by atoms with Crippen LogP contribution in [0.5, 0.6) is 0 Å². The van der Waals surface area contributed by atoms with Gasteiger partial charge in [-0.2, -0.15) is 0 Å². The van der Waals surface area contributed by atoms with Gasteiger partial charge in [-0.15, -0.1) is 0 Å². The maximum Gasteiger partial charge on any atom is 0.677 e. The topological polar surface area (TPSA) is 43.6 Å². The number of carbonyl (C=O) groups excluding carboxylic acids is 1. The molecular weight excluding hydrogens is 301 g/mol. The molecule has 122 valence electrons. The summed E-state index contributed by atoms with van der Waals surface area (Å²) in [5.74, 6) is -0.643. The fraction of sp³-hybridized carbons (Fsp3) is 0.375. The molecule has 4 nitrogen and oxygen atoms in total. The van der Waals surface area contributed by atoms with Gasteiger partial charge in [0.15, 0.2) is 0 Å². The van der Waals surface area contributed by atoms with E-state index in [9.17, 15) is 13.4 Å². The van der Waals surface area contributed by atoms with E-state index in [0.29, 0.717) is 24.2 Å². The van der Waals surface area contributed by atoms with E-state index in [1.807, 2.05) is 6.92 Å². The van der Waals surface area contributed by atoms with E-state index in [-0.39, 0.29) is 17.9 Å². The number of carbonyl (C=O) groups is 1. The van der Waals surface area contributed by atoms with Crippen molar-refractivity contribution in [3.8, 4) is 0 Å². The first-order chi connectivity index (χ1) is 11.0. The second-order valence-corrected chi connectivity index (χ2v) is 4.98. The third-order valence-corrected chi connectivity index (χ3v) is 3.61. The second-order valence-electron chi connectivity index (χ2n) is 4.98. The molecule has 0 radical (unpaired) electrons. The van der Waals surface area contributed by atoms with E-state index in [1.165, 1.54) is 6.07 Å². The molecule has 1 aromatic rings. The predicted octanol–water partition coefficient (Wildman–Crippen LogP) is 3.52. The van der Waals surface area contributed by atoms with Crippen LogP contribution in [0.4, 0.5) is 8.63 Å². The average molecular weight is 320 g/mol. The van der Waals surface area contributed by atoms with Crippen LogP contribution >= 0.6 is 0 Å². The molecule has 2 rings (SSSR count). The summed E-state index contributed by atoms with van der Waals surface area (Å²) < 4.78 is 32.9. The molecule has 0 atom stereocenters. The smallest absolute Gasteiger partial charge is 0.462 e. The minimum Gasteiger partial charge on any atom is -0.462 e. The quantitative estimate of drug-likeness (QED) is 0.457. The summed E-state index contributed by atoms with van der Waals surface area (Å²) in [7, 11) is -2.74. The van der Waals surface area contributed by atoms with Crippen LogP contribution in [0, 0.1) is 0 Å². The molecule has 0 N–H and O–H groups in total. The minimum atomic E-state index is -2.74. The summed E-state index contributed by atoms with van der Waals surface area (Å²) in [6.45, 7) is 5.57. The summed E-state index contributed by atoms with van der Waals surface area (Å²) >= 11 is 0. The van der Waals surface area contributed by atoms with Crippen LogP contribution in [0.1, 0.15) is 38.6 Å². The Labute approximate surface area is 134 Å². The van der Waals surface area contributed by atoms with E-state index >= 15 is 0 Å². The molecule has 2 heterocycles. The molecule has 0 aliphatic carbocycles. The molecule has 0 fully saturated rings. The van der Waals surface area contributed by atoms with Crippen LogP contribution in [-0.2, 0) is 16.0 Å². The number of allylic oxidation sites excluding steroid dienone is 2. The average Bonchev–Trinajstić information content (AvgIpc) is 3.14. The number of aromatic nitrogens is 1. The van der Waals surface area contributed by atoms with Crippen LogP contribution in [0.3, 0.4) is 0 Å². The second kappa shape index (κ2) is 7.39. The minimum absolute atomic E-state index is 0.0755. The van der Waals surface area contributed by atoms with E-state index < -0.39 is 13.4 Å². The molecule has 0 spiro atoms. The maximum absolute atomic E-state index is 13.5. The molecule has 7 heteroatoms. The van der Waals surface area contributed by atoms with Crippen LogP contribution < -0.4 is 0 Å². The molecule has 23 heavy (non-hydrogen) atoms. The largest absolute Gasteiger partial charge is 0.677 e. The van der Waals surface area contributed by atoms with Crippen molar-refractivity contribution in [2.75, 3.05) is 6.61 Å². The van der Waals surface area contributed by atoms with Gasteiger partial charge >= 0.3 is 13.4 Å². The van der Waals surface area contributed by atoms with Crippen molar-refractivity contribution in [2.45, 2.75) is 33.6 Å². The van der Waals surface area contributed by atoms with Crippen LogP contribution in [0.2, 0.25) is 0 Å². The van der Waals surface area contributed by atoms with E-state index in [2.05, 4.69) is 4.99 Å². The van der Waals surface area contributed by atoms with Crippen LogP contribution in [0.15, 0.2) is 35.0 Å². The van der Waals surface area contributed by atoms with Gasteiger partial charge in [0, 0.05) is 17.1 Å². The number of hydrogen-bond acceptors (Lipinski definition) is 3. The molecular formula is C16H19BF2N2O2. The Morgan fingerprint density at radius 2 is 1.96 bits per heavy atom. The summed E-state index contributed by atoms with van der Waals surface area (Å²) in [5, 5.41) is 0. The van der Waals surface area contributed by atoms with Crippen molar-refractivity contribution < 1.29 is 18.2 Å². The van der Waals surface area contributed by atoms with Crippen molar-refractivity contribution >= 4 is 24.7 Å². The first-order valence-corrected chi connectivity index (χ1v) is 7.69. The highest BCUT2D eigenvalue weighted by Gasteiger charge is 2.29. The Hall–Kier alpha value is -2.18. The molecule has 0 amide bonds. The van der Waals surface area contributed by atoms with E-state index in [4.69, 9.17) is 4.74 Å². The number of rotatable bonds is 6. The van der Waals surface area contributed by atoms with Crippen LogP contribution in [-0.4, -0.2) is 30.2 Å². The number of halogens is 2. The molecule has 0 bridgehead atoms. The molecule has 0 saturated carbocycles. The highest BCUT2D eigenvalue weighted by molar-refractivity contribution is 6.42. The lowest BCUT2D eigenvalue weighted by Crippen LogP contribution is -2.21. The van der Waals surface area contributed by atoms with Gasteiger partial charge in [0.2, 0.25) is 0 Å². The molecule has 1 aromatic heterocycles. The van der Waals surface area contributed by atoms with Gasteiger partial charge in [-0.05, 0) is 44.1 Å². The summed E-state index contributed by atoms with van der Waals surface area (Å²) in [5.41, 5.74) is 1.83. The zero-order valence-corrected chi connectivity index (χ0v) is 13.5. The van der Waals surface area contributed by atoms with Crippen molar-refractivity contribution in [3.05, 3.63) is 41.4 Å². The third kappa shape index (κ3) is 3.43. The first-order valence-electron chi connectivity index (χ1n) is 7.69. The zero-order chi connectivity index (χ0) is 17.0. The van der Waals surface area contributed by atoms with Gasteiger partial charge in [0.25, 0.3) is 0 Å². The summed E-state index contributed by atoms with van der Waals surface area (Å²) in [6, 6.07) is 3.13. The number of aliphatic imine (C=N–C) groups is 1. The number of aryl methyl sites for hydroxylation is 1. The molecule has 0 unspecified atom stereocenters. The van der Waals surface area contributed by atoms with Gasteiger partial charge in [-0.3, -0.25) is 13.6 Å². The number of ether oxygens (including phenoxy) is 1. The fourth-order valence-corrected chi connectivity index (χ4v) is 2.50. The number of esters is 1. The van der Waals surface area contributed by atoms with Gasteiger partial charge < -0.3 is 9.21 Å². The predicted molar refractivity (Wildman–Crippen MR) is 87.6 cm³/mol.